The molecule has 0 aromatic carbocycles. The van der Waals surface area contributed by atoms with E-state index in [9.17, 15) is 4.79 Å². The maximum Gasteiger partial charge on any atom is 0.302 e. The minimum Gasteiger partial charge on any atom is -0.462 e. The van der Waals surface area contributed by atoms with Crippen molar-refractivity contribution in [3.05, 3.63) is 12.2 Å². The third-order valence-electron chi connectivity index (χ3n) is 13.7. The summed E-state index contributed by atoms with van der Waals surface area (Å²) in [5, 5.41) is 0. The first-order chi connectivity index (χ1) is 15.7. The number of allylic oxidation sites excluding steroid dienone is 1. The maximum absolute atomic E-state index is 11.9. The normalized spacial score (nSPS) is 53.6. The summed E-state index contributed by atoms with van der Waals surface area (Å²) < 4.78 is 5.91. The van der Waals surface area contributed by atoms with Gasteiger partial charge < -0.3 is 4.74 Å². The van der Waals surface area contributed by atoms with E-state index < -0.39 is 0 Å². The van der Waals surface area contributed by atoms with Gasteiger partial charge in [0.05, 0.1) is 0 Å². The molecule has 2 nitrogen and oxygen atoms in total. The number of rotatable bonds is 2. The third kappa shape index (κ3) is 3.08. The predicted molar refractivity (Wildman–Crippen MR) is 140 cm³/mol. The van der Waals surface area contributed by atoms with Crippen molar-refractivity contribution < 1.29 is 9.53 Å². The maximum atomic E-state index is 11.9. The van der Waals surface area contributed by atoms with Crippen LogP contribution in [0, 0.1) is 56.7 Å². The first-order valence-corrected chi connectivity index (χ1v) is 14.5. The Labute approximate surface area is 210 Å². The third-order valence-corrected chi connectivity index (χ3v) is 13.7. The molecule has 0 saturated heterocycles. The van der Waals surface area contributed by atoms with E-state index in [1.807, 2.05) is 0 Å². The van der Waals surface area contributed by atoms with E-state index in [0.29, 0.717) is 27.6 Å². The van der Waals surface area contributed by atoms with Gasteiger partial charge in [0, 0.05) is 12.3 Å². The highest BCUT2D eigenvalue weighted by Crippen LogP contribution is 2.77. The number of esters is 1. The highest BCUT2D eigenvalue weighted by atomic mass is 16.5. The minimum absolute atomic E-state index is 0.0550. The molecule has 5 saturated carbocycles. The summed E-state index contributed by atoms with van der Waals surface area (Å²) in [7, 11) is 0. The average Bonchev–Trinajstić information content (AvgIpc) is 3.08. The van der Waals surface area contributed by atoms with E-state index in [1.165, 1.54) is 63.4 Å². The molecule has 10 atom stereocenters. The molecule has 0 spiro atoms. The molecule has 0 aliphatic heterocycles. The Kier molecular flexibility index (Phi) is 5.57. The zero-order chi connectivity index (χ0) is 24.9. The van der Waals surface area contributed by atoms with Gasteiger partial charge in [-0.3, -0.25) is 4.79 Å². The summed E-state index contributed by atoms with van der Waals surface area (Å²) in [6.45, 7) is 23.9. The molecule has 2 heteroatoms. The fourth-order valence-electron chi connectivity index (χ4n) is 11.9. The molecular formula is C32H52O2. The number of hydrogen-bond donors (Lipinski definition) is 0. The smallest absolute Gasteiger partial charge is 0.302 e. The van der Waals surface area contributed by atoms with E-state index in [4.69, 9.17) is 4.74 Å². The standard InChI is InChI=1S/C32H52O2/c1-20(2)22-12-15-29(6)18-19-31(8)23(27(22)29)10-11-25-30(7)16-14-26(34-21(3)33)28(4,5)24(30)13-17-32(25,31)9/h22-27H,1,10-19H2,2-9H3/t22-,23+,24-,25+,26+,27+,29+,30-,31+,32+/m0/s1. The second-order valence-corrected chi connectivity index (χ2v) is 15.3. The Balaban J connectivity index is 1.50. The lowest BCUT2D eigenvalue weighted by atomic mass is 9.32. The molecule has 0 aromatic heterocycles. The zero-order valence-electron chi connectivity index (χ0n) is 23.6. The first kappa shape index (κ1) is 24.9. The van der Waals surface area contributed by atoms with Crippen molar-refractivity contribution in [3.63, 3.8) is 0 Å². The SMILES string of the molecule is C=C(C)[C@@H]1CC[C@]2(C)CC[C@]3(C)[C@H](CC[C@@H]4[C@@]5(C)CC[C@@H](OC(C)=O)C(C)(C)[C@@H]5CC[C@]43C)[C@@H]12. The Bertz CT molecular complexity index is 872. The molecule has 192 valence electrons. The quantitative estimate of drug-likeness (QED) is 0.299. The summed E-state index contributed by atoms with van der Waals surface area (Å²) in [5.74, 6) is 3.74. The lowest BCUT2D eigenvalue weighted by Crippen LogP contribution is -2.66. The molecule has 5 fully saturated rings. The number of carbonyl (C=O) groups is 1. The van der Waals surface area contributed by atoms with Crippen LogP contribution in [0.2, 0.25) is 0 Å². The van der Waals surface area contributed by atoms with Crippen LogP contribution < -0.4 is 0 Å². The minimum atomic E-state index is -0.107. The van der Waals surface area contributed by atoms with Crippen molar-refractivity contribution in [1.29, 1.82) is 0 Å². The highest BCUT2D eigenvalue weighted by Gasteiger charge is 2.70. The molecule has 5 rings (SSSR count). The largest absolute Gasteiger partial charge is 0.462 e. The van der Waals surface area contributed by atoms with E-state index in [1.54, 1.807) is 6.92 Å². The van der Waals surface area contributed by atoms with Crippen LogP contribution in [0.5, 0.6) is 0 Å². The van der Waals surface area contributed by atoms with E-state index in [-0.39, 0.29) is 17.5 Å². The van der Waals surface area contributed by atoms with Crippen LogP contribution in [0.3, 0.4) is 0 Å². The molecule has 0 amide bonds. The van der Waals surface area contributed by atoms with Crippen LogP contribution in [0.15, 0.2) is 12.2 Å². The predicted octanol–water partition coefficient (Wildman–Crippen LogP) is 8.60. The second kappa shape index (κ2) is 7.61. The van der Waals surface area contributed by atoms with Gasteiger partial charge in [-0.2, -0.15) is 0 Å². The zero-order valence-corrected chi connectivity index (χ0v) is 23.6. The van der Waals surface area contributed by atoms with E-state index in [0.717, 1.165) is 30.1 Å². The van der Waals surface area contributed by atoms with Crippen molar-refractivity contribution in [2.24, 2.45) is 56.7 Å². The lowest BCUT2D eigenvalue weighted by molar-refractivity contribution is -0.248. The number of carbonyl (C=O) groups excluding carboxylic acids is 1. The average molecular weight is 469 g/mol. The fraction of sp³-hybridized carbons (Fsp3) is 0.906. The number of hydrogen-bond acceptors (Lipinski definition) is 2. The monoisotopic (exact) mass is 468 g/mol. The molecule has 5 aliphatic carbocycles. The number of ether oxygens (including phenoxy) is 1. The van der Waals surface area contributed by atoms with Gasteiger partial charge in [0.25, 0.3) is 0 Å². The molecule has 0 heterocycles. The fourth-order valence-corrected chi connectivity index (χ4v) is 11.9. The van der Waals surface area contributed by atoms with E-state index in [2.05, 4.69) is 55.0 Å². The summed E-state index contributed by atoms with van der Waals surface area (Å²) in [6, 6.07) is 0. The van der Waals surface area contributed by atoms with Gasteiger partial charge in [-0.15, -0.1) is 0 Å². The summed E-state index contributed by atoms with van der Waals surface area (Å²) >= 11 is 0. The van der Waals surface area contributed by atoms with E-state index >= 15 is 0 Å². The molecule has 0 unspecified atom stereocenters. The van der Waals surface area contributed by atoms with Crippen LogP contribution in [0.1, 0.15) is 120 Å². The van der Waals surface area contributed by atoms with Gasteiger partial charge in [0.15, 0.2) is 0 Å². The van der Waals surface area contributed by atoms with Gasteiger partial charge in [0.2, 0.25) is 0 Å². The van der Waals surface area contributed by atoms with Gasteiger partial charge in [-0.1, -0.05) is 53.7 Å². The van der Waals surface area contributed by atoms with Crippen LogP contribution in [-0.4, -0.2) is 12.1 Å². The van der Waals surface area contributed by atoms with Gasteiger partial charge in [0.1, 0.15) is 6.10 Å². The molecule has 0 radical (unpaired) electrons. The second-order valence-electron chi connectivity index (χ2n) is 15.3. The Morgan fingerprint density at radius 2 is 1.47 bits per heavy atom. The van der Waals surface area contributed by atoms with Crippen molar-refractivity contribution in [1.82, 2.24) is 0 Å². The van der Waals surface area contributed by atoms with Crippen molar-refractivity contribution in [2.45, 2.75) is 126 Å². The Morgan fingerprint density at radius 1 is 0.765 bits per heavy atom. The molecule has 0 N–H and O–H groups in total. The van der Waals surface area contributed by atoms with Gasteiger partial charge >= 0.3 is 5.97 Å². The first-order valence-electron chi connectivity index (χ1n) is 14.5. The molecule has 0 bridgehead atoms. The van der Waals surface area contributed by atoms with Gasteiger partial charge in [-0.05, 0) is 122 Å². The topological polar surface area (TPSA) is 26.3 Å². The lowest BCUT2D eigenvalue weighted by Gasteiger charge is -2.73. The summed E-state index contributed by atoms with van der Waals surface area (Å²) in [5.41, 5.74) is 3.23. The molecular weight excluding hydrogens is 416 g/mol. The van der Waals surface area contributed by atoms with Crippen LogP contribution in [0.25, 0.3) is 0 Å². The van der Waals surface area contributed by atoms with Crippen LogP contribution >= 0.6 is 0 Å². The van der Waals surface area contributed by atoms with Crippen LogP contribution in [0.4, 0.5) is 0 Å². The Morgan fingerprint density at radius 3 is 2.12 bits per heavy atom. The highest BCUT2D eigenvalue weighted by molar-refractivity contribution is 5.66. The van der Waals surface area contributed by atoms with Crippen molar-refractivity contribution in [2.75, 3.05) is 0 Å². The van der Waals surface area contributed by atoms with Crippen molar-refractivity contribution >= 4 is 5.97 Å². The van der Waals surface area contributed by atoms with Crippen LogP contribution in [-0.2, 0) is 9.53 Å². The van der Waals surface area contributed by atoms with Gasteiger partial charge in [-0.25, -0.2) is 0 Å². The summed E-state index contributed by atoms with van der Waals surface area (Å²) in [6.07, 6.45) is 13.4. The molecule has 34 heavy (non-hydrogen) atoms. The Hall–Kier alpha value is -0.790. The summed E-state index contributed by atoms with van der Waals surface area (Å²) in [4.78, 5) is 11.9. The number of fused-ring (bicyclic) bond motifs is 7. The molecule has 0 aromatic rings. The van der Waals surface area contributed by atoms with Crippen molar-refractivity contribution in [3.8, 4) is 0 Å². The molecule has 5 aliphatic rings.